The molecule has 0 atom stereocenters. The van der Waals surface area contributed by atoms with Gasteiger partial charge in [-0.1, -0.05) is 36.4 Å². The van der Waals surface area contributed by atoms with Crippen molar-refractivity contribution >= 4 is 16.0 Å². The van der Waals surface area contributed by atoms with Gasteiger partial charge >= 0.3 is 10.1 Å². The summed E-state index contributed by atoms with van der Waals surface area (Å²) in [7, 11) is -3.63. The van der Waals surface area contributed by atoms with Gasteiger partial charge in [0.2, 0.25) is 5.91 Å². The lowest BCUT2D eigenvalue weighted by Crippen LogP contribution is -2.31. The molecule has 0 saturated carbocycles. The summed E-state index contributed by atoms with van der Waals surface area (Å²) in [6, 6.07) is 18.0. The molecule has 0 aromatic heterocycles. The molecular weight excluding hydrogens is 436 g/mol. The average molecular weight is 460 g/mol. The lowest BCUT2D eigenvalue weighted by molar-refractivity contribution is -0.131. The molecule has 168 valence electrons. The molecule has 0 aliphatic heterocycles. The second kappa shape index (κ2) is 10.4. The number of carbonyl (C=O) groups is 1. The summed E-state index contributed by atoms with van der Waals surface area (Å²) < 4.78 is 54.7. The van der Waals surface area contributed by atoms with E-state index in [0.29, 0.717) is 5.56 Å². The Kier molecular flexibility index (Phi) is 7.58. The van der Waals surface area contributed by atoms with Crippen LogP contribution in [0.4, 0.5) is 8.78 Å². The molecule has 5 nitrogen and oxygen atoms in total. The minimum absolute atomic E-state index is 0.0808. The molecule has 3 rings (SSSR count). The van der Waals surface area contributed by atoms with E-state index in [-0.39, 0.29) is 48.6 Å². The van der Waals surface area contributed by atoms with Gasteiger partial charge in [0.1, 0.15) is 17.4 Å². The van der Waals surface area contributed by atoms with Crippen molar-refractivity contribution in [3.8, 4) is 5.75 Å². The molecule has 0 unspecified atom stereocenters. The third kappa shape index (κ3) is 6.88. The van der Waals surface area contributed by atoms with Crippen LogP contribution in [0.15, 0.2) is 72.8 Å². The van der Waals surface area contributed by atoms with Crippen molar-refractivity contribution in [3.05, 3.63) is 101 Å². The Bertz CT molecular complexity index is 1150. The predicted octanol–water partition coefficient (Wildman–Crippen LogP) is 4.46. The summed E-state index contributed by atoms with van der Waals surface area (Å²) >= 11 is 0. The van der Waals surface area contributed by atoms with Crippen molar-refractivity contribution in [3.63, 3.8) is 0 Å². The van der Waals surface area contributed by atoms with Gasteiger partial charge in [0.25, 0.3) is 0 Å². The van der Waals surface area contributed by atoms with Crippen LogP contribution in [0.3, 0.4) is 0 Å². The summed E-state index contributed by atoms with van der Waals surface area (Å²) in [5, 5.41) is 0. The van der Waals surface area contributed by atoms with E-state index in [4.69, 9.17) is 4.18 Å². The lowest BCUT2D eigenvalue weighted by atomic mass is 10.1. The van der Waals surface area contributed by atoms with Gasteiger partial charge in [-0.05, 0) is 60.0 Å². The van der Waals surface area contributed by atoms with Crippen molar-refractivity contribution < 1.29 is 26.2 Å². The van der Waals surface area contributed by atoms with Crippen LogP contribution in [0.1, 0.15) is 23.6 Å². The molecule has 0 aliphatic carbocycles. The Hall–Kier alpha value is -3.26. The zero-order valence-corrected chi connectivity index (χ0v) is 18.3. The maximum atomic E-state index is 13.3. The van der Waals surface area contributed by atoms with Crippen molar-refractivity contribution in [2.45, 2.75) is 26.4 Å². The van der Waals surface area contributed by atoms with Gasteiger partial charge in [-0.25, -0.2) is 8.78 Å². The van der Waals surface area contributed by atoms with E-state index in [2.05, 4.69) is 0 Å². The van der Waals surface area contributed by atoms with Crippen molar-refractivity contribution in [1.82, 2.24) is 4.90 Å². The molecule has 0 radical (unpaired) electrons. The fourth-order valence-corrected chi connectivity index (χ4v) is 3.53. The average Bonchev–Trinajstić information content (AvgIpc) is 2.77. The van der Waals surface area contributed by atoms with E-state index in [9.17, 15) is 22.0 Å². The summed E-state index contributed by atoms with van der Waals surface area (Å²) in [6.45, 7) is 1.99. The van der Waals surface area contributed by atoms with Gasteiger partial charge in [-0.3, -0.25) is 4.79 Å². The monoisotopic (exact) mass is 459 g/mol. The first-order valence-electron chi connectivity index (χ1n) is 10.0. The Labute approximate surface area is 186 Å². The van der Waals surface area contributed by atoms with Crippen LogP contribution in [0, 0.1) is 11.6 Å². The van der Waals surface area contributed by atoms with Crippen LogP contribution in [0.25, 0.3) is 0 Å². The molecule has 0 fully saturated rings. The summed E-state index contributed by atoms with van der Waals surface area (Å²) in [5.41, 5.74) is 2.20. The van der Waals surface area contributed by atoms with Gasteiger partial charge in [0.15, 0.2) is 0 Å². The number of halogens is 2. The highest BCUT2D eigenvalue weighted by atomic mass is 32.2. The number of hydrogen-bond donors (Lipinski definition) is 0. The molecule has 8 heteroatoms. The largest absolute Gasteiger partial charge is 0.382 e. The van der Waals surface area contributed by atoms with Crippen molar-refractivity contribution in [2.75, 3.05) is 5.75 Å². The summed E-state index contributed by atoms with van der Waals surface area (Å²) in [6.07, 6.45) is 0.0808. The first-order valence-corrected chi connectivity index (χ1v) is 11.6. The van der Waals surface area contributed by atoms with Crippen LogP contribution < -0.4 is 4.18 Å². The number of rotatable bonds is 9. The number of hydrogen-bond acceptors (Lipinski definition) is 4. The molecule has 3 aromatic rings. The van der Waals surface area contributed by atoms with Gasteiger partial charge < -0.3 is 9.08 Å². The highest BCUT2D eigenvalue weighted by Gasteiger charge is 2.16. The molecule has 0 aliphatic rings. The smallest absolute Gasteiger partial charge is 0.308 e. The topological polar surface area (TPSA) is 63.7 Å². The Balaban J connectivity index is 1.77. The normalized spacial score (nSPS) is 11.2. The molecule has 0 N–H and O–H groups in total. The van der Waals surface area contributed by atoms with Gasteiger partial charge in [0, 0.05) is 13.1 Å². The highest BCUT2D eigenvalue weighted by Crippen LogP contribution is 2.18. The fourth-order valence-electron chi connectivity index (χ4n) is 3.01. The molecule has 0 bridgehead atoms. The third-order valence-electron chi connectivity index (χ3n) is 4.78. The van der Waals surface area contributed by atoms with E-state index in [1.165, 1.54) is 43.3 Å². The third-order valence-corrected chi connectivity index (χ3v) is 5.94. The minimum Gasteiger partial charge on any atom is -0.382 e. The standard InChI is InChI=1S/C24H23F2NO4S/c1-2-32(29,30)31-23-13-7-20(8-14-23)17-27(16-19-5-11-22(26)12-6-19)24(28)15-18-3-9-21(25)10-4-18/h3-14H,2,15-17H2,1H3. The zero-order chi connectivity index (χ0) is 23.1. The minimum atomic E-state index is -3.63. The first-order chi connectivity index (χ1) is 15.2. The molecule has 1 amide bonds. The number of amides is 1. The molecule has 3 aromatic carbocycles. The van der Waals surface area contributed by atoms with Crippen LogP contribution >= 0.6 is 0 Å². The summed E-state index contributed by atoms with van der Waals surface area (Å²) in [4.78, 5) is 14.6. The Morgan fingerprint density at radius 1 is 0.781 bits per heavy atom. The van der Waals surface area contributed by atoms with E-state index in [1.807, 2.05) is 0 Å². The van der Waals surface area contributed by atoms with E-state index in [1.54, 1.807) is 41.3 Å². The SMILES string of the molecule is CCS(=O)(=O)Oc1ccc(CN(Cc2ccc(F)cc2)C(=O)Cc2ccc(F)cc2)cc1. The van der Waals surface area contributed by atoms with Crippen LogP contribution in [0.5, 0.6) is 5.75 Å². The summed E-state index contributed by atoms with van der Waals surface area (Å²) in [5.74, 6) is -0.876. The van der Waals surface area contributed by atoms with E-state index in [0.717, 1.165) is 11.1 Å². The predicted molar refractivity (Wildman–Crippen MR) is 117 cm³/mol. The first kappa shape index (κ1) is 23.4. The van der Waals surface area contributed by atoms with E-state index < -0.39 is 10.1 Å². The number of carbonyl (C=O) groups excluding carboxylic acids is 1. The maximum absolute atomic E-state index is 13.3. The number of benzene rings is 3. The zero-order valence-electron chi connectivity index (χ0n) is 17.5. The molecule has 0 spiro atoms. The fraction of sp³-hybridized carbons (Fsp3) is 0.208. The van der Waals surface area contributed by atoms with Gasteiger partial charge in [-0.15, -0.1) is 0 Å². The molecule has 32 heavy (non-hydrogen) atoms. The van der Waals surface area contributed by atoms with Gasteiger partial charge in [0.05, 0.1) is 12.2 Å². The Morgan fingerprint density at radius 3 is 1.69 bits per heavy atom. The van der Waals surface area contributed by atoms with Crippen LogP contribution in [-0.4, -0.2) is 25.0 Å². The maximum Gasteiger partial charge on any atom is 0.308 e. The van der Waals surface area contributed by atoms with Crippen LogP contribution in [-0.2, 0) is 34.4 Å². The van der Waals surface area contributed by atoms with E-state index >= 15 is 0 Å². The molecular formula is C24H23F2NO4S. The molecule has 0 heterocycles. The second-order valence-corrected chi connectivity index (χ2v) is 9.11. The quantitative estimate of drug-likeness (QED) is 0.443. The van der Waals surface area contributed by atoms with Crippen molar-refractivity contribution in [1.29, 1.82) is 0 Å². The van der Waals surface area contributed by atoms with Crippen LogP contribution in [0.2, 0.25) is 0 Å². The molecule has 0 saturated heterocycles. The highest BCUT2D eigenvalue weighted by molar-refractivity contribution is 7.87. The van der Waals surface area contributed by atoms with Crippen molar-refractivity contribution in [2.24, 2.45) is 0 Å². The second-order valence-electron chi connectivity index (χ2n) is 7.25. The Morgan fingerprint density at radius 2 is 1.22 bits per heavy atom. The van der Waals surface area contributed by atoms with Gasteiger partial charge in [-0.2, -0.15) is 8.42 Å². The number of nitrogens with zero attached hydrogens (tertiary/aromatic N) is 1. The lowest BCUT2D eigenvalue weighted by Gasteiger charge is -2.23.